The standard InChI is InChI=1S/C38H45FN4O3S/c1-4-16-42(17-5-2)38(46)30-23-28(22-29(24-30)37-40-15-18-47-37)36(45)41-34(21-27-10-7-11-31(39)19-27)35(44)25-43(32-13-14-32)33-12-8-9-26(6-3)20-33/h7-12,15,18-20,22-24,32,34-35,44H,4-6,13-14,16-17,21,25H2,1-3H3,(H,41,45)/t34-,35+/m0/s1. The van der Waals surface area contributed by atoms with E-state index < -0.39 is 18.1 Å². The van der Waals surface area contributed by atoms with E-state index in [1.165, 1.54) is 29.0 Å². The highest BCUT2D eigenvalue weighted by Crippen LogP contribution is 2.33. The van der Waals surface area contributed by atoms with Crippen LogP contribution in [0.4, 0.5) is 10.1 Å². The summed E-state index contributed by atoms with van der Waals surface area (Å²) < 4.78 is 14.2. The number of carbonyl (C=O) groups excluding carboxylic acids is 2. The Hall–Kier alpha value is -4.08. The van der Waals surface area contributed by atoms with E-state index in [0.29, 0.717) is 52.9 Å². The molecule has 1 aliphatic rings. The van der Waals surface area contributed by atoms with Crippen LogP contribution in [-0.4, -0.2) is 64.6 Å². The van der Waals surface area contributed by atoms with E-state index in [-0.39, 0.29) is 18.1 Å². The lowest BCUT2D eigenvalue weighted by Gasteiger charge is -2.32. The molecule has 7 nitrogen and oxygen atoms in total. The predicted octanol–water partition coefficient (Wildman–Crippen LogP) is 7.14. The van der Waals surface area contributed by atoms with E-state index in [0.717, 1.165) is 37.8 Å². The zero-order valence-electron chi connectivity index (χ0n) is 27.5. The molecule has 0 spiro atoms. The molecule has 248 valence electrons. The van der Waals surface area contributed by atoms with E-state index >= 15 is 0 Å². The highest BCUT2D eigenvalue weighted by molar-refractivity contribution is 7.13. The Morgan fingerprint density at radius 2 is 1.70 bits per heavy atom. The average molecular weight is 657 g/mol. The summed E-state index contributed by atoms with van der Waals surface area (Å²) in [6, 6.07) is 19.4. The van der Waals surface area contributed by atoms with Crippen LogP contribution in [0.5, 0.6) is 0 Å². The fraction of sp³-hybridized carbons (Fsp3) is 0.395. The fourth-order valence-corrected chi connectivity index (χ4v) is 6.62. The van der Waals surface area contributed by atoms with Crippen molar-refractivity contribution in [1.29, 1.82) is 0 Å². The number of benzene rings is 3. The number of aryl methyl sites for hydroxylation is 1. The quantitative estimate of drug-likeness (QED) is 0.134. The predicted molar refractivity (Wildman–Crippen MR) is 188 cm³/mol. The second-order valence-electron chi connectivity index (χ2n) is 12.3. The van der Waals surface area contributed by atoms with Gasteiger partial charge in [-0.25, -0.2) is 9.37 Å². The van der Waals surface area contributed by atoms with E-state index in [1.807, 2.05) is 30.2 Å². The number of nitrogens with zero attached hydrogens (tertiary/aromatic N) is 3. The monoisotopic (exact) mass is 656 g/mol. The molecule has 0 radical (unpaired) electrons. The van der Waals surface area contributed by atoms with Crippen molar-refractivity contribution in [2.75, 3.05) is 24.5 Å². The van der Waals surface area contributed by atoms with Gasteiger partial charge >= 0.3 is 0 Å². The van der Waals surface area contributed by atoms with Crippen LogP contribution < -0.4 is 10.2 Å². The molecule has 3 aromatic carbocycles. The first-order valence-electron chi connectivity index (χ1n) is 16.7. The van der Waals surface area contributed by atoms with Gasteiger partial charge in [0.1, 0.15) is 10.8 Å². The van der Waals surface area contributed by atoms with Gasteiger partial charge in [0.15, 0.2) is 0 Å². The summed E-state index contributed by atoms with van der Waals surface area (Å²) in [5.74, 6) is -0.922. The van der Waals surface area contributed by atoms with Crippen LogP contribution in [0.15, 0.2) is 78.3 Å². The summed E-state index contributed by atoms with van der Waals surface area (Å²) in [6.45, 7) is 7.75. The largest absolute Gasteiger partial charge is 0.389 e. The summed E-state index contributed by atoms with van der Waals surface area (Å²) in [7, 11) is 0. The Balaban J connectivity index is 1.46. The van der Waals surface area contributed by atoms with Crippen LogP contribution in [0, 0.1) is 5.82 Å². The minimum absolute atomic E-state index is 0.133. The molecular weight excluding hydrogens is 612 g/mol. The number of halogens is 1. The lowest BCUT2D eigenvalue weighted by molar-refractivity contribution is 0.0755. The van der Waals surface area contributed by atoms with Crippen LogP contribution in [0.25, 0.3) is 10.6 Å². The van der Waals surface area contributed by atoms with E-state index in [9.17, 15) is 19.1 Å². The zero-order valence-corrected chi connectivity index (χ0v) is 28.3. The van der Waals surface area contributed by atoms with E-state index in [2.05, 4.69) is 40.3 Å². The number of anilines is 1. The number of nitrogens with one attached hydrogen (secondary N) is 1. The van der Waals surface area contributed by atoms with Crippen molar-refractivity contribution in [3.8, 4) is 10.6 Å². The van der Waals surface area contributed by atoms with Gasteiger partial charge in [-0.05, 0) is 92.1 Å². The van der Waals surface area contributed by atoms with Gasteiger partial charge in [-0.1, -0.05) is 45.0 Å². The molecule has 1 aliphatic carbocycles. The summed E-state index contributed by atoms with van der Waals surface area (Å²) in [5, 5.41) is 17.4. The lowest BCUT2D eigenvalue weighted by atomic mass is 9.98. The molecule has 1 fully saturated rings. The van der Waals surface area contributed by atoms with Crippen LogP contribution in [0.2, 0.25) is 0 Å². The smallest absolute Gasteiger partial charge is 0.253 e. The molecule has 9 heteroatoms. The van der Waals surface area contributed by atoms with Gasteiger partial charge in [0.25, 0.3) is 11.8 Å². The van der Waals surface area contributed by atoms with Gasteiger partial charge in [0.05, 0.1) is 12.1 Å². The molecule has 2 atom stereocenters. The van der Waals surface area contributed by atoms with Crippen molar-refractivity contribution in [2.45, 2.75) is 77.5 Å². The number of hydrogen-bond donors (Lipinski definition) is 2. The van der Waals surface area contributed by atoms with Gasteiger partial charge in [0.2, 0.25) is 0 Å². The highest BCUT2D eigenvalue weighted by atomic mass is 32.1. The molecular formula is C38H45FN4O3S. The van der Waals surface area contributed by atoms with Gasteiger partial charge < -0.3 is 20.2 Å². The molecule has 2 amide bonds. The summed E-state index contributed by atoms with van der Waals surface area (Å²) in [6.07, 6.45) is 5.61. The Bertz CT molecular complexity index is 1640. The molecule has 0 bridgehead atoms. The Labute approximate surface area is 281 Å². The third-order valence-electron chi connectivity index (χ3n) is 8.54. The van der Waals surface area contributed by atoms with Crippen molar-refractivity contribution >= 4 is 28.8 Å². The van der Waals surface area contributed by atoms with Gasteiger partial charge in [-0.15, -0.1) is 11.3 Å². The second-order valence-corrected chi connectivity index (χ2v) is 13.2. The Morgan fingerprint density at radius 3 is 2.36 bits per heavy atom. The Morgan fingerprint density at radius 1 is 0.979 bits per heavy atom. The molecule has 4 aromatic rings. The zero-order chi connectivity index (χ0) is 33.3. The number of rotatable bonds is 16. The molecule has 2 N–H and O–H groups in total. The van der Waals surface area contributed by atoms with Gasteiger partial charge in [0, 0.05) is 59.6 Å². The minimum Gasteiger partial charge on any atom is -0.389 e. The van der Waals surface area contributed by atoms with Crippen molar-refractivity contribution in [2.24, 2.45) is 0 Å². The summed E-state index contributed by atoms with van der Waals surface area (Å²) >= 11 is 1.43. The van der Waals surface area contributed by atoms with Crippen molar-refractivity contribution in [3.05, 3.63) is 106 Å². The Kier molecular flexibility index (Phi) is 11.8. The normalized spacial score (nSPS) is 14.0. The maximum atomic E-state index is 14.2. The molecule has 1 heterocycles. The number of aliphatic hydroxyl groups is 1. The first kappa shape index (κ1) is 34.3. The van der Waals surface area contributed by atoms with Gasteiger partial charge in [-0.3, -0.25) is 9.59 Å². The van der Waals surface area contributed by atoms with Crippen LogP contribution >= 0.6 is 11.3 Å². The molecule has 47 heavy (non-hydrogen) atoms. The van der Waals surface area contributed by atoms with Crippen molar-refractivity contribution in [3.63, 3.8) is 0 Å². The highest BCUT2D eigenvalue weighted by Gasteiger charge is 2.33. The number of aliphatic hydroxyl groups excluding tert-OH is 1. The topological polar surface area (TPSA) is 85.8 Å². The number of aromatic nitrogens is 1. The van der Waals surface area contributed by atoms with Crippen LogP contribution in [0.3, 0.4) is 0 Å². The number of carbonyl (C=O) groups is 2. The van der Waals surface area contributed by atoms with Gasteiger partial charge in [-0.2, -0.15) is 0 Å². The molecule has 1 aromatic heterocycles. The number of hydrogen-bond acceptors (Lipinski definition) is 6. The molecule has 5 rings (SSSR count). The van der Waals surface area contributed by atoms with Crippen LogP contribution in [0.1, 0.15) is 78.3 Å². The molecule has 1 saturated carbocycles. The maximum absolute atomic E-state index is 14.2. The molecule has 0 unspecified atom stereocenters. The lowest BCUT2D eigenvalue weighted by Crippen LogP contribution is -2.50. The van der Waals surface area contributed by atoms with Crippen LogP contribution in [-0.2, 0) is 12.8 Å². The summed E-state index contributed by atoms with van der Waals surface area (Å²) in [4.78, 5) is 36.2. The molecule has 0 saturated heterocycles. The summed E-state index contributed by atoms with van der Waals surface area (Å²) in [5.41, 5.74) is 4.34. The van der Waals surface area contributed by atoms with Crippen molar-refractivity contribution in [1.82, 2.24) is 15.2 Å². The fourth-order valence-electron chi connectivity index (χ4n) is 6.00. The average Bonchev–Trinajstić information content (AvgIpc) is 3.77. The minimum atomic E-state index is -0.957. The first-order valence-corrected chi connectivity index (χ1v) is 17.6. The number of thiazole rings is 1. The maximum Gasteiger partial charge on any atom is 0.253 e. The number of amides is 2. The second kappa shape index (κ2) is 16.2. The van der Waals surface area contributed by atoms with E-state index in [4.69, 9.17) is 0 Å². The first-order chi connectivity index (χ1) is 22.8. The SMILES string of the molecule is CCCN(CCC)C(=O)c1cc(C(=O)N[C@@H](Cc2cccc(F)c2)[C@H](O)CN(c2cccc(CC)c2)C2CC2)cc(-c2nccs2)c1. The third kappa shape index (κ3) is 9.05. The molecule has 0 aliphatic heterocycles. The van der Waals surface area contributed by atoms with E-state index in [1.54, 1.807) is 36.5 Å². The third-order valence-corrected chi connectivity index (χ3v) is 9.37. The van der Waals surface area contributed by atoms with Crippen molar-refractivity contribution < 1.29 is 19.1 Å².